The molecule has 122 valence electrons. The lowest BCUT2D eigenvalue weighted by atomic mass is 10.0. The topological polar surface area (TPSA) is 49.4 Å². The van der Waals surface area contributed by atoms with Gasteiger partial charge in [0, 0.05) is 31.6 Å². The highest BCUT2D eigenvalue weighted by molar-refractivity contribution is 5.94. The zero-order valence-corrected chi connectivity index (χ0v) is 13.5. The highest BCUT2D eigenvalue weighted by atomic mass is 16.2. The van der Waals surface area contributed by atoms with Gasteiger partial charge < -0.3 is 10.2 Å². The van der Waals surface area contributed by atoms with Gasteiger partial charge in [0.05, 0.1) is 0 Å². The summed E-state index contributed by atoms with van der Waals surface area (Å²) < 4.78 is 0. The van der Waals surface area contributed by atoms with Crippen molar-refractivity contribution in [1.29, 1.82) is 0 Å². The molecule has 0 saturated heterocycles. The molecule has 0 saturated carbocycles. The third-order valence-corrected chi connectivity index (χ3v) is 4.63. The SMILES string of the molecule is O=C(C[C@H]1C=CCC1)NCCC(=O)N1CCCc2ccccc21. The second kappa shape index (κ2) is 7.44. The number of hydrogen-bond donors (Lipinski definition) is 1. The minimum absolute atomic E-state index is 0.0494. The number of nitrogens with one attached hydrogen (secondary N) is 1. The van der Waals surface area contributed by atoms with Crippen LogP contribution in [0.2, 0.25) is 0 Å². The van der Waals surface area contributed by atoms with Gasteiger partial charge in [-0.1, -0.05) is 30.4 Å². The fraction of sp³-hybridized carbons (Fsp3) is 0.474. The summed E-state index contributed by atoms with van der Waals surface area (Å²) in [7, 11) is 0. The number of para-hydroxylation sites is 1. The van der Waals surface area contributed by atoms with E-state index in [0.29, 0.717) is 25.3 Å². The van der Waals surface area contributed by atoms with Crippen LogP contribution in [0.5, 0.6) is 0 Å². The Morgan fingerprint density at radius 3 is 2.96 bits per heavy atom. The van der Waals surface area contributed by atoms with Crippen molar-refractivity contribution in [3.05, 3.63) is 42.0 Å². The first-order valence-corrected chi connectivity index (χ1v) is 8.55. The normalized spacial score (nSPS) is 19.5. The smallest absolute Gasteiger partial charge is 0.228 e. The molecule has 0 fully saturated rings. The molecule has 0 unspecified atom stereocenters. The van der Waals surface area contributed by atoms with Crippen LogP contribution in [-0.4, -0.2) is 24.9 Å². The van der Waals surface area contributed by atoms with E-state index in [1.54, 1.807) is 0 Å². The molecule has 1 atom stereocenters. The summed E-state index contributed by atoms with van der Waals surface area (Å²) in [5, 5.41) is 2.88. The number of allylic oxidation sites excluding steroid dienone is 2. The largest absolute Gasteiger partial charge is 0.356 e. The van der Waals surface area contributed by atoms with Gasteiger partial charge in [-0.25, -0.2) is 0 Å². The Morgan fingerprint density at radius 1 is 1.26 bits per heavy atom. The quantitative estimate of drug-likeness (QED) is 0.850. The summed E-state index contributed by atoms with van der Waals surface area (Å²) in [4.78, 5) is 26.2. The van der Waals surface area contributed by atoms with Crippen LogP contribution in [0.4, 0.5) is 5.69 Å². The van der Waals surface area contributed by atoms with E-state index in [4.69, 9.17) is 0 Å². The first-order valence-electron chi connectivity index (χ1n) is 8.55. The summed E-state index contributed by atoms with van der Waals surface area (Å²) in [5.41, 5.74) is 2.27. The van der Waals surface area contributed by atoms with Gasteiger partial charge in [-0.15, -0.1) is 0 Å². The Bertz CT molecular complexity index is 609. The van der Waals surface area contributed by atoms with Crippen molar-refractivity contribution >= 4 is 17.5 Å². The summed E-state index contributed by atoms with van der Waals surface area (Å²) in [6.07, 6.45) is 9.33. The maximum Gasteiger partial charge on any atom is 0.228 e. The number of rotatable bonds is 5. The zero-order chi connectivity index (χ0) is 16.1. The number of nitrogens with zero attached hydrogens (tertiary/aromatic N) is 1. The van der Waals surface area contributed by atoms with Crippen LogP contribution in [0.15, 0.2) is 36.4 Å². The van der Waals surface area contributed by atoms with Crippen LogP contribution >= 0.6 is 0 Å². The van der Waals surface area contributed by atoms with E-state index in [9.17, 15) is 9.59 Å². The van der Waals surface area contributed by atoms with Crippen molar-refractivity contribution in [2.75, 3.05) is 18.0 Å². The molecule has 3 rings (SSSR count). The Labute approximate surface area is 137 Å². The molecule has 4 heteroatoms. The molecular weight excluding hydrogens is 288 g/mol. The highest BCUT2D eigenvalue weighted by Gasteiger charge is 2.22. The van der Waals surface area contributed by atoms with Crippen LogP contribution < -0.4 is 10.2 Å². The molecule has 4 nitrogen and oxygen atoms in total. The van der Waals surface area contributed by atoms with Crippen molar-refractivity contribution < 1.29 is 9.59 Å². The number of carbonyl (C=O) groups is 2. The molecule has 1 aromatic rings. The Hall–Kier alpha value is -2.10. The number of anilines is 1. The van der Waals surface area contributed by atoms with Crippen LogP contribution in [-0.2, 0) is 16.0 Å². The lowest BCUT2D eigenvalue weighted by Gasteiger charge is -2.29. The van der Waals surface area contributed by atoms with Crippen molar-refractivity contribution in [3.63, 3.8) is 0 Å². The Balaban J connectivity index is 1.46. The molecule has 0 bridgehead atoms. The van der Waals surface area contributed by atoms with E-state index >= 15 is 0 Å². The van der Waals surface area contributed by atoms with E-state index in [2.05, 4.69) is 23.5 Å². The molecule has 1 aliphatic heterocycles. The van der Waals surface area contributed by atoms with Crippen LogP contribution in [0.3, 0.4) is 0 Å². The van der Waals surface area contributed by atoms with Gasteiger partial charge in [-0.05, 0) is 43.2 Å². The van der Waals surface area contributed by atoms with Crippen LogP contribution in [0, 0.1) is 5.92 Å². The first kappa shape index (κ1) is 15.8. The monoisotopic (exact) mass is 312 g/mol. The maximum absolute atomic E-state index is 12.5. The van der Waals surface area contributed by atoms with Crippen molar-refractivity contribution in [1.82, 2.24) is 5.32 Å². The first-order chi connectivity index (χ1) is 11.2. The number of fused-ring (bicyclic) bond motifs is 1. The number of hydrogen-bond acceptors (Lipinski definition) is 2. The van der Waals surface area contributed by atoms with Gasteiger partial charge in [0.15, 0.2) is 0 Å². The van der Waals surface area contributed by atoms with Gasteiger partial charge in [-0.3, -0.25) is 9.59 Å². The third-order valence-electron chi connectivity index (χ3n) is 4.63. The van der Waals surface area contributed by atoms with E-state index in [1.807, 2.05) is 23.1 Å². The predicted octanol–water partition coefficient (Wildman–Crippen LogP) is 2.83. The van der Waals surface area contributed by atoms with Gasteiger partial charge in [0.25, 0.3) is 0 Å². The van der Waals surface area contributed by atoms with Crippen molar-refractivity contribution in [2.24, 2.45) is 5.92 Å². The number of amides is 2. The van der Waals surface area contributed by atoms with Crippen LogP contribution in [0.1, 0.15) is 37.7 Å². The summed E-state index contributed by atoms with van der Waals surface area (Å²) in [6, 6.07) is 8.09. The molecule has 2 amide bonds. The lowest BCUT2D eigenvalue weighted by Crippen LogP contribution is -2.37. The Morgan fingerprint density at radius 2 is 2.13 bits per heavy atom. The summed E-state index contributed by atoms with van der Waals surface area (Å²) >= 11 is 0. The molecule has 0 aromatic heterocycles. The van der Waals surface area contributed by atoms with Crippen LogP contribution in [0.25, 0.3) is 0 Å². The third kappa shape index (κ3) is 4.01. The standard InChI is InChI=1S/C19H24N2O2/c22-18(14-15-6-1-2-7-15)20-12-11-19(23)21-13-5-9-16-8-3-4-10-17(16)21/h1,3-4,6,8,10,15H,2,5,7,9,11-14H2,(H,20,22)/t15-/m0/s1. The van der Waals surface area contributed by atoms with Gasteiger partial charge >= 0.3 is 0 Å². The average Bonchev–Trinajstić information content (AvgIpc) is 3.07. The van der Waals surface area contributed by atoms with Crippen molar-refractivity contribution in [3.8, 4) is 0 Å². The molecule has 0 radical (unpaired) electrons. The second-order valence-electron chi connectivity index (χ2n) is 6.35. The molecular formula is C19H24N2O2. The van der Waals surface area contributed by atoms with E-state index in [1.165, 1.54) is 5.56 Å². The van der Waals surface area contributed by atoms with E-state index < -0.39 is 0 Å². The number of aryl methyl sites for hydroxylation is 1. The summed E-state index contributed by atoms with van der Waals surface area (Å²) in [5.74, 6) is 0.520. The molecule has 1 N–H and O–H groups in total. The number of benzene rings is 1. The second-order valence-corrected chi connectivity index (χ2v) is 6.35. The minimum atomic E-state index is 0.0494. The maximum atomic E-state index is 12.5. The van der Waals surface area contributed by atoms with E-state index in [0.717, 1.165) is 37.9 Å². The van der Waals surface area contributed by atoms with E-state index in [-0.39, 0.29) is 11.8 Å². The highest BCUT2D eigenvalue weighted by Crippen LogP contribution is 2.27. The predicted molar refractivity (Wildman–Crippen MR) is 91.2 cm³/mol. The van der Waals surface area contributed by atoms with Crippen molar-refractivity contribution in [2.45, 2.75) is 38.5 Å². The molecule has 1 aromatic carbocycles. The molecule has 23 heavy (non-hydrogen) atoms. The van der Waals surface area contributed by atoms with Gasteiger partial charge in [0.2, 0.25) is 11.8 Å². The molecule has 0 spiro atoms. The zero-order valence-electron chi connectivity index (χ0n) is 13.5. The minimum Gasteiger partial charge on any atom is -0.356 e. The average molecular weight is 312 g/mol. The molecule has 1 heterocycles. The summed E-state index contributed by atoms with van der Waals surface area (Å²) in [6.45, 7) is 1.20. The molecule has 1 aliphatic carbocycles. The fourth-order valence-corrected chi connectivity index (χ4v) is 3.41. The lowest BCUT2D eigenvalue weighted by molar-refractivity contribution is -0.122. The van der Waals surface area contributed by atoms with Gasteiger partial charge in [-0.2, -0.15) is 0 Å². The molecule has 2 aliphatic rings. The van der Waals surface area contributed by atoms with Gasteiger partial charge in [0.1, 0.15) is 0 Å². The number of carbonyl (C=O) groups excluding carboxylic acids is 2. The fourth-order valence-electron chi connectivity index (χ4n) is 3.41. The Kier molecular flexibility index (Phi) is 5.11.